The highest BCUT2D eigenvalue weighted by atomic mass is 32.2. The van der Waals surface area contributed by atoms with Gasteiger partial charge in [-0.2, -0.15) is 0 Å². The number of hydrogen-bond acceptors (Lipinski definition) is 3. The van der Waals surface area contributed by atoms with Gasteiger partial charge in [-0.3, -0.25) is 0 Å². The van der Waals surface area contributed by atoms with Crippen molar-refractivity contribution in [3.05, 3.63) is 54.2 Å². The van der Waals surface area contributed by atoms with E-state index in [9.17, 15) is 4.39 Å². The second-order valence-corrected chi connectivity index (χ2v) is 5.30. The summed E-state index contributed by atoms with van der Waals surface area (Å²) in [6.07, 6.45) is 2.48. The summed E-state index contributed by atoms with van der Waals surface area (Å²) in [4.78, 5) is 0.861. The Balaban J connectivity index is 2.20. The molecule has 2 N–H and O–H groups in total. The van der Waals surface area contributed by atoms with Crippen LogP contribution >= 0.6 is 11.8 Å². The highest BCUT2D eigenvalue weighted by Crippen LogP contribution is 2.38. The molecule has 1 aromatic carbocycles. The summed E-state index contributed by atoms with van der Waals surface area (Å²) < 4.78 is 18.6. The van der Waals surface area contributed by atoms with Crippen LogP contribution in [-0.4, -0.2) is 6.04 Å². The molecule has 18 heavy (non-hydrogen) atoms. The van der Waals surface area contributed by atoms with Crippen LogP contribution in [0.2, 0.25) is 0 Å². The first kappa shape index (κ1) is 13.2. The van der Waals surface area contributed by atoms with E-state index < -0.39 is 0 Å². The molecule has 0 saturated carbocycles. The topological polar surface area (TPSA) is 39.2 Å². The van der Waals surface area contributed by atoms with Gasteiger partial charge < -0.3 is 10.2 Å². The summed E-state index contributed by atoms with van der Waals surface area (Å²) in [5.74, 6) is 0.599. The predicted molar refractivity (Wildman–Crippen MR) is 72.0 cm³/mol. The Kier molecular flexibility index (Phi) is 4.44. The average molecular weight is 265 g/mol. The van der Waals surface area contributed by atoms with Crippen LogP contribution in [0.25, 0.3) is 0 Å². The molecule has 0 amide bonds. The van der Waals surface area contributed by atoms with E-state index in [-0.39, 0.29) is 17.1 Å². The van der Waals surface area contributed by atoms with E-state index in [4.69, 9.17) is 10.2 Å². The van der Waals surface area contributed by atoms with Gasteiger partial charge in [0.2, 0.25) is 0 Å². The number of benzene rings is 1. The largest absolute Gasteiger partial charge is 0.468 e. The van der Waals surface area contributed by atoms with Gasteiger partial charge in [0, 0.05) is 10.9 Å². The molecule has 2 nitrogen and oxygen atoms in total. The first-order valence-electron chi connectivity index (χ1n) is 5.92. The van der Waals surface area contributed by atoms with Crippen LogP contribution in [0.3, 0.4) is 0 Å². The van der Waals surface area contributed by atoms with Crippen molar-refractivity contribution in [2.45, 2.75) is 29.5 Å². The maximum Gasteiger partial charge on any atom is 0.124 e. The lowest BCUT2D eigenvalue weighted by atomic mass is 10.1. The SMILES string of the molecule is CCC(N)C(Sc1cccc(F)c1)c1ccco1. The van der Waals surface area contributed by atoms with Gasteiger partial charge >= 0.3 is 0 Å². The van der Waals surface area contributed by atoms with Crippen molar-refractivity contribution in [3.8, 4) is 0 Å². The Morgan fingerprint density at radius 2 is 2.17 bits per heavy atom. The van der Waals surface area contributed by atoms with Crippen LogP contribution in [0, 0.1) is 5.82 Å². The van der Waals surface area contributed by atoms with E-state index in [0.29, 0.717) is 0 Å². The minimum absolute atomic E-state index is 0.00630. The van der Waals surface area contributed by atoms with Crippen LogP contribution < -0.4 is 5.73 Å². The molecule has 96 valence electrons. The Hall–Kier alpha value is -1.26. The molecule has 1 heterocycles. The van der Waals surface area contributed by atoms with Crippen molar-refractivity contribution in [2.24, 2.45) is 5.73 Å². The van der Waals surface area contributed by atoms with E-state index in [1.54, 1.807) is 12.3 Å². The number of rotatable bonds is 5. The minimum atomic E-state index is -0.233. The van der Waals surface area contributed by atoms with E-state index >= 15 is 0 Å². The molecule has 1 aromatic heterocycles. The third kappa shape index (κ3) is 3.15. The van der Waals surface area contributed by atoms with Crippen molar-refractivity contribution < 1.29 is 8.81 Å². The normalized spacial score (nSPS) is 14.4. The van der Waals surface area contributed by atoms with Gasteiger partial charge in [-0.15, -0.1) is 11.8 Å². The first-order valence-corrected chi connectivity index (χ1v) is 6.80. The fraction of sp³-hybridized carbons (Fsp3) is 0.286. The summed E-state index contributed by atoms with van der Waals surface area (Å²) in [5.41, 5.74) is 6.12. The van der Waals surface area contributed by atoms with Crippen LogP contribution in [0.1, 0.15) is 24.4 Å². The number of thioether (sulfide) groups is 1. The lowest BCUT2D eigenvalue weighted by Crippen LogP contribution is -2.25. The summed E-state index contributed by atoms with van der Waals surface area (Å²) in [6.45, 7) is 2.03. The molecule has 0 bridgehead atoms. The van der Waals surface area contributed by atoms with Crippen molar-refractivity contribution >= 4 is 11.8 Å². The van der Waals surface area contributed by atoms with Gasteiger partial charge in [0.1, 0.15) is 11.6 Å². The Bertz CT molecular complexity index is 486. The monoisotopic (exact) mass is 265 g/mol. The van der Waals surface area contributed by atoms with Crippen molar-refractivity contribution in [3.63, 3.8) is 0 Å². The first-order chi connectivity index (χ1) is 8.70. The number of furan rings is 1. The Morgan fingerprint density at radius 3 is 2.78 bits per heavy atom. The van der Waals surface area contributed by atoms with Crippen LogP contribution in [-0.2, 0) is 0 Å². The molecule has 0 fully saturated rings. The van der Waals surface area contributed by atoms with E-state index in [0.717, 1.165) is 17.1 Å². The Morgan fingerprint density at radius 1 is 1.33 bits per heavy atom. The Labute approximate surface area is 110 Å². The molecule has 0 aliphatic carbocycles. The molecule has 2 aromatic rings. The van der Waals surface area contributed by atoms with E-state index in [1.807, 2.05) is 25.1 Å². The number of hydrogen-bond donors (Lipinski definition) is 1. The van der Waals surface area contributed by atoms with Crippen molar-refractivity contribution in [2.75, 3.05) is 0 Å². The molecule has 0 spiro atoms. The molecular formula is C14H16FNOS. The van der Waals surface area contributed by atoms with Gasteiger partial charge in [-0.05, 0) is 36.8 Å². The molecule has 0 aliphatic heterocycles. The number of nitrogens with two attached hydrogens (primary N) is 1. The lowest BCUT2D eigenvalue weighted by Gasteiger charge is -2.20. The highest BCUT2D eigenvalue weighted by Gasteiger charge is 2.22. The van der Waals surface area contributed by atoms with E-state index in [2.05, 4.69) is 0 Å². The summed E-state index contributed by atoms with van der Waals surface area (Å²) in [6, 6.07) is 10.3. The fourth-order valence-corrected chi connectivity index (χ4v) is 2.96. The van der Waals surface area contributed by atoms with Gasteiger partial charge in [-0.25, -0.2) is 4.39 Å². The van der Waals surface area contributed by atoms with Gasteiger partial charge in [0.05, 0.1) is 11.5 Å². The fourth-order valence-electron chi connectivity index (χ4n) is 1.71. The zero-order chi connectivity index (χ0) is 13.0. The quantitative estimate of drug-likeness (QED) is 0.831. The lowest BCUT2D eigenvalue weighted by molar-refractivity contribution is 0.474. The molecule has 0 aliphatic rings. The molecule has 2 unspecified atom stereocenters. The summed E-state index contributed by atoms with van der Waals surface area (Å²) in [7, 11) is 0. The molecule has 2 rings (SSSR count). The molecule has 0 radical (unpaired) electrons. The summed E-state index contributed by atoms with van der Waals surface area (Å²) in [5, 5.41) is 0.00630. The zero-order valence-electron chi connectivity index (χ0n) is 10.2. The molecule has 0 saturated heterocycles. The van der Waals surface area contributed by atoms with E-state index in [1.165, 1.54) is 23.9 Å². The third-order valence-electron chi connectivity index (χ3n) is 2.74. The van der Waals surface area contributed by atoms with Gasteiger partial charge in [0.25, 0.3) is 0 Å². The van der Waals surface area contributed by atoms with Crippen molar-refractivity contribution in [1.82, 2.24) is 0 Å². The van der Waals surface area contributed by atoms with Crippen LogP contribution in [0.5, 0.6) is 0 Å². The van der Waals surface area contributed by atoms with Gasteiger partial charge in [0.15, 0.2) is 0 Å². The third-order valence-corrected chi connectivity index (χ3v) is 4.10. The zero-order valence-corrected chi connectivity index (χ0v) is 11.0. The maximum absolute atomic E-state index is 13.2. The molecule has 4 heteroatoms. The second-order valence-electron chi connectivity index (χ2n) is 4.08. The highest BCUT2D eigenvalue weighted by molar-refractivity contribution is 7.99. The number of halogens is 1. The second kappa shape index (κ2) is 6.07. The minimum Gasteiger partial charge on any atom is -0.468 e. The smallest absolute Gasteiger partial charge is 0.124 e. The van der Waals surface area contributed by atoms with Gasteiger partial charge in [-0.1, -0.05) is 13.0 Å². The predicted octanol–water partition coefficient (Wildman–Crippen LogP) is 3.99. The summed E-state index contributed by atoms with van der Waals surface area (Å²) >= 11 is 1.53. The van der Waals surface area contributed by atoms with Crippen LogP contribution in [0.4, 0.5) is 4.39 Å². The molecular weight excluding hydrogens is 249 g/mol. The maximum atomic E-state index is 13.2. The molecule has 2 atom stereocenters. The van der Waals surface area contributed by atoms with Crippen molar-refractivity contribution in [1.29, 1.82) is 0 Å². The average Bonchev–Trinajstić information content (AvgIpc) is 2.89. The standard InChI is InChI=1S/C14H16FNOS/c1-2-12(16)14(13-7-4-8-17-13)18-11-6-3-5-10(15)9-11/h3-9,12,14H,2,16H2,1H3. The van der Waals surface area contributed by atoms with Crippen LogP contribution in [0.15, 0.2) is 52.0 Å².